The normalized spacial score (nSPS) is 13.7. The number of hydrogen-bond acceptors (Lipinski definition) is 2. The number of furan rings is 1. The van der Waals surface area contributed by atoms with Crippen molar-refractivity contribution < 1.29 is 9.21 Å². The van der Waals surface area contributed by atoms with Crippen LogP contribution in [0.3, 0.4) is 0 Å². The number of benzene rings is 2. The van der Waals surface area contributed by atoms with Gasteiger partial charge in [0, 0.05) is 23.1 Å². The maximum Gasteiger partial charge on any atom is 0.228 e. The predicted molar refractivity (Wildman–Crippen MR) is 91.6 cm³/mol. The van der Waals surface area contributed by atoms with E-state index in [0.717, 1.165) is 40.8 Å². The van der Waals surface area contributed by atoms with Crippen LogP contribution in [0.25, 0.3) is 11.0 Å². The molecule has 4 rings (SSSR count). The molecule has 0 aliphatic heterocycles. The van der Waals surface area contributed by atoms with Crippen LogP contribution in [0.4, 0.5) is 5.69 Å². The molecule has 3 aromatic rings. The van der Waals surface area contributed by atoms with Gasteiger partial charge in [0.15, 0.2) is 0 Å². The topological polar surface area (TPSA) is 42.2 Å². The molecule has 0 spiro atoms. The fourth-order valence-electron chi connectivity index (χ4n) is 3.33. The number of anilines is 1. The van der Waals surface area contributed by atoms with Crippen LogP contribution in [0.5, 0.6) is 0 Å². The summed E-state index contributed by atoms with van der Waals surface area (Å²) in [6.45, 7) is 0. The zero-order valence-corrected chi connectivity index (χ0v) is 13.0. The van der Waals surface area contributed by atoms with Crippen molar-refractivity contribution in [2.24, 2.45) is 0 Å². The monoisotopic (exact) mass is 305 g/mol. The zero-order chi connectivity index (χ0) is 15.6. The van der Waals surface area contributed by atoms with E-state index in [0.29, 0.717) is 6.42 Å². The lowest BCUT2D eigenvalue weighted by molar-refractivity contribution is -0.115. The van der Waals surface area contributed by atoms with Crippen molar-refractivity contribution in [2.45, 2.75) is 32.1 Å². The molecule has 3 nitrogen and oxygen atoms in total. The Morgan fingerprint density at radius 3 is 2.74 bits per heavy atom. The van der Waals surface area contributed by atoms with Gasteiger partial charge >= 0.3 is 0 Å². The predicted octanol–water partition coefficient (Wildman–Crippen LogP) is 4.49. The Kier molecular flexibility index (Phi) is 3.62. The minimum Gasteiger partial charge on any atom is -0.461 e. The van der Waals surface area contributed by atoms with E-state index in [2.05, 4.69) is 5.32 Å². The lowest BCUT2D eigenvalue weighted by Crippen LogP contribution is -2.14. The van der Waals surface area contributed by atoms with Gasteiger partial charge in [0.25, 0.3) is 0 Å². The summed E-state index contributed by atoms with van der Waals surface area (Å²) in [6.07, 6.45) is 4.91. The summed E-state index contributed by atoms with van der Waals surface area (Å²) in [4.78, 5) is 12.2. The molecule has 0 unspecified atom stereocenters. The molecule has 116 valence electrons. The summed E-state index contributed by atoms with van der Waals surface area (Å²) in [6, 6.07) is 15.7. The van der Waals surface area contributed by atoms with Crippen LogP contribution in [-0.4, -0.2) is 5.91 Å². The number of hydrogen-bond donors (Lipinski definition) is 1. The first-order valence-corrected chi connectivity index (χ1v) is 8.18. The molecule has 1 N–H and O–H groups in total. The van der Waals surface area contributed by atoms with E-state index in [1.54, 1.807) is 0 Å². The standard InChI is InChI=1S/C20H19NO2/c22-20(12-14-6-2-1-3-7-14)21-15-10-11-19-17(13-15)16-8-4-5-9-18(16)23-19/h1-3,6-7,10-11,13H,4-5,8-9,12H2,(H,21,22). The largest absolute Gasteiger partial charge is 0.461 e. The van der Waals surface area contributed by atoms with Crippen molar-refractivity contribution in [2.75, 3.05) is 5.32 Å². The first kappa shape index (κ1) is 14.1. The Morgan fingerprint density at radius 2 is 1.87 bits per heavy atom. The van der Waals surface area contributed by atoms with E-state index in [9.17, 15) is 4.79 Å². The van der Waals surface area contributed by atoms with Gasteiger partial charge in [0.05, 0.1) is 6.42 Å². The third-order valence-corrected chi connectivity index (χ3v) is 4.45. The molecule has 23 heavy (non-hydrogen) atoms. The Morgan fingerprint density at radius 1 is 1.04 bits per heavy atom. The molecular weight excluding hydrogens is 286 g/mol. The molecule has 1 heterocycles. The molecule has 1 aromatic heterocycles. The molecule has 0 atom stereocenters. The SMILES string of the molecule is O=C(Cc1ccccc1)Nc1ccc2oc3c(c2c1)CCCC3. The summed E-state index contributed by atoms with van der Waals surface area (Å²) in [5.41, 5.74) is 4.11. The minimum absolute atomic E-state index is 0.00733. The zero-order valence-electron chi connectivity index (χ0n) is 13.0. The summed E-state index contributed by atoms with van der Waals surface area (Å²) in [5, 5.41) is 4.15. The minimum atomic E-state index is 0.00733. The van der Waals surface area contributed by atoms with Gasteiger partial charge in [0.2, 0.25) is 5.91 Å². The fraction of sp³-hybridized carbons (Fsp3) is 0.250. The van der Waals surface area contributed by atoms with E-state index >= 15 is 0 Å². The van der Waals surface area contributed by atoms with Crippen molar-refractivity contribution in [1.82, 2.24) is 0 Å². The maximum atomic E-state index is 12.2. The van der Waals surface area contributed by atoms with Gasteiger partial charge in [-0.25, -0.2) is 0 Å². The van der Waals surface area contributed by atoms with E-state index < -0.39 is 0 Å². The Labute approximate surface area is 135 Å². The lowest BCUT2D eigenvalue weighted by Gasteiger charge is -2.09. The highest BCUT2D eigenvalue weighted by Crippen LogP contribution is 2.33. The first-order valence-electron chi connectivity index (χ1n) is 8.18. The number of nitrogens with one attached hydrogen (secondary N) is 1. The van der Waals surface area contributed by atoms with Gasteiger partial charge in [-0.15, -0.1) is 0 Å². The van der Waals surface area contributed by atoms with Crippen LogP contribution < -0.4 is 5.32 Å². The molecule has 2 aromatic carbocycles. The van der Waals surface area contributed by atoms with Gasteiger partial charge in [-0.1, -0.05) is 30.3 Å². The van der Waals surface area contributed by atoms with Crippen LogP contribution in [0, 0.1) is 0 Å². The molecule has 0 bridgehead atoms. The van der Waals surface area contributed by atoms with Gasteiger partial charge in [-0.2, -0.15) is 0 Å². The van der Waals surface area contributed by atoms with Crippen LogP contribution >= 0.6 is 0 Å². The lowest BCUT2D eigenvalue weighted by atomic mass is 9.96. The Balaban J connectivity index is 1.56. The van der Waals surface area contributed by atoms with Crippen LogP contribution in [0.2, 0.25) is 0 Å². The van der Waals surface area contributed by atoms with Crippen LogP contribution in [-0.2, 0) is 24.1 Å². The second kappa shape index (κ2) is 5.92. The maximum absolute atomic E-state index is 12.2. The molecule has 1 aliphatic rings. The molecule has 3 heteroatoms. The first-order chi connectivity index (χ1) is 11.3. The fourth-order valence-corrected chi connectivity index (χ4v) is 3.33. The van der Waals surface area contributed by atoms with Crippen molar-refractivity contribution >= 4 is 22.6 Å². The van der Waals surface area contributed by atoms with Crippen molar-refractivity contribution in [3.05, 3.63) is 65.4 Å². The molecule has 0 saturated carbocycles. The molecule has 0 saturated heterocycles. The van der Waals surface area contributed by atoms with Crippen molar-refractivity contribution in [3.8, 4) is 0 Å². The second-order valence-electron chi connectivity index (χ2n) is 6.13. The van der Waals surface area contributed by atoms with Gasteiger partial charge in [-0.3, -0.25) is 4.79 Å². The Hall–Kier alpha value is -2.55. The number of amides is 1. The number of fused-ring (bicyclic) bond motifs is 3. The van der Waals surface area contributed by atoms with Gasteiger partial charge in [-0.05, 0) is 43.0 Å². The third-order valence-electron chi connectivity index (χ3n) is 4.45. The smallest absolute Gasteiger partial charge is 0.228 e. The molecule has 0 radical (unpaired) electrons. The summed E-state index contributed by atoms with van der Waals surface area (Å²) in [5.74, 6) is 1.13. The van der Waals surface area contributed by atoms with E-state index in [4.69, 9.17) is 4.42 Å². The second-order valence-corrected chi connectivity index (χ2v) is 6.13. The molecular formula is C20H19NO2. The van der Waals surface area contributed by atoms with Crippen molar-refractivity contribution in [1.29, 1.82) is 0 Å². The average Bonchev–Trinajstić information content (AvgIpc) is 2.94. The number of rotatable bonds is 3. The summed E-state index contributed by atoms with van der Waals surface area (Å²) in [7, 11) is 0. The highest BCUT2D eigenvalue weighted by atomic mass is 16.3. The highest BCUT2D eigenvalue weighted by molar-refractivity contribution is 5.95. The van der Waals surface area contributed by atoms with E-state index in [1.807, 2.05) is 48.5 Å². The van der Waals surface area contributed by atoms with Gasteiger partial charge < -0.3 is 9.73 Å². The van der Waals surface area contributed by atoms with E-state index in [-0.39, 0.29) is 5.91 Å². The quantitative estimate of drug-likeness (QED) is 0.774. The summed E-state index contributed by atoms with van der Waals surface area (Å²) >= 11 is 0. The van der Waals surface area contributed by atoms with E-state index in [1.165, 1.54) is 18.4 Å². The highest BCUT2D eigenvalue weighted by Gasteiger charge is 2.18. The number of carbonyl (C=O) groups excluding carboxylic acids is 1. The van der Waals surface area contributed by atoms with Crippen LogP contribution in [0.1, 0.15) is 29.7 Å². The molecule has 1 aliphatic carbocycles. The van der Waals surface area contributed by atoms with Crippen molar-refractivity contribution in [3.63, 3.8) is 0 Å². The number of carbonyl (C=O) groups is 1. The average molecular weight is 305 g/mol. The third kappa shape index (κ3) is 2.87. The Bertz CT molecular complexity index is 849. The molecule has 0 fully saturated rings. The molecule has 1 amide bonds. The van der Waals surface area contributed by atoms with Gasteiger partial charge in [0.1, 0.15) is 11.3 Å². The summed E-state index contributed by atoms with van der Waals surface area (Å²) < 4.78 is 5.93. The number of aryl methyl sites for hydroxylation is 2. The van der Waals surface area contributed by atoms with Crippen LogP contribution in [0.15, 0.2) is 52.9 Å².